The molecule has 0 spiro atoms. The van der Waals surface area contributed by atoms with Crippen molar-refractivity contribution in [3.8, 4) is 0 Å². The molecule has 2 aromatic rings. The minimum atomic E-state index is -0.305. The molecule has 1 N–H and O–H groups in total. The van der Waals surface area contributed by atoms with Crippen molar-refractivity contribution in [2.24, 2.45) is 0 Å². The molecule has 0 aliphatic carbocycles. The summed E-state index contributed by atoms with van der Waals surface area (Å²) in [5.74, 6) is -0.416. The van der Waals surface area contributed by atoms with E-state index in [9.17, 15) is 9.18 Å². The summed E-state index contributed by atoms with van der Waals surface area (Å²) in [6.45, 7) is 5.44. The van der Waals surface area contributed by atoms with E-state index >= 15 is 0 Å². The van der Waals surface area contributed by atoms with Crippen LogP contribution in [0.4, 0.5) is 15.8 Å². The van der Waals surface area contributed by atoms with E-state index in [0.29, 0.717) is 17.8 Å². The lowest BCUT2D eigenvalue weighted by molar-refractivity contribution is -0.117. The monoisotopic (exact) mass is 405 g/mol. The molecular weight excluding hydrogens is 385 g/mol. The molecule has 6 heteroatoms. The highest BCUT2D eigenvalue weighted by atomic mass is 79.9. The largest absolute Gasteiger partial charge is 0.369 e. The number of hydrogen-bond acceptors (Lipinski definition) is 3. The van der Waals surface area contributed by atoms with Crippen molar-refractivity contribution < 1.29 is 9.18 Å². The first-order valence-electron chi connectivity index (χ1n) is 8.30. The third-order valence-corrected chi connectivity index (χ3v) is 4.92. The maximum absolute atomic E-state index is 13.5. The van der Waals surface area contributed by atoms with Gasteiger partial charge in [0.2, 0.25) is 5.91 Å². The summed E-state index contributed by atoms with van der Waals surface area (Å²) < 4.78 is 14.6. The normalized spacial score (nSPS) is 15.2. The lowest BCUT2D eigenvalue weighted by Gasteiger charge is -2.35. The van der Waals surface area contributed by atoms with Gasteiger partial charge in [-0.15, -0.1) is 0 Å². The molecular formula is C19H21BrFN3O. The van der Waals surface area contributed by atoms with Crippen molar-refractivity contribution in [1.29, 1.82) is 0 Å². The first-order valence-corrected chi connectivity index (χ1v) is 9.09. The summed E-state index contributed by atoms with van der Waals surface area (Å²) in [5, 5.41) is 2.77. The summed E-state index contributed by atoms with van der Waals surface area (Å²) in [6, 6.07) is 13.0. The second kappa shape index (κ2) is 7.97. The molecule has 4 nitrogen and oxygen atoms in total. The van der Waals surface area contributed by atoms with Gasteiger partial charge >= 0.3 is 0 Å². The fraction of sp³-hybridized carbons (Fsp3) is 0.316. The number of anilines is 2. The number of carbonyl (C=O) groups is 1. The van der Waals surface area contributed by atoms with Crippen LogP contribution in [0.2, 0.25) is 0 Å². The molecule has 3 rings (SSSR count). The number of halogens is 2. The predicted molar refractivity (Wildman–Crippen MR) is 103 cm³/mol. The molecule has 1 saturated heterocycles. The molecule has 0 saturated carbocycles. The van der Waals surface area contributed by atoms with Gasteiger partial charge in [-0.25, -0.2) is 4.39 Å². The summed E-state index contributed by atoms with van der Waals surface area (Å²) in [5.41, 5.74) is 2.27. The molecule has 0 atom stereocenters. The van der Waals surface area contributed by atoms with Crippen LogP contribution < -0.4 is 10.2 Å². The quantitative estimate of drug-likeness (QED) is 0.842. The zero-order chi connectivity index (χ0) is 17.8. The number of amides is 1. The molecule has 1 heterocycles. The molecule has 1 amide bonds. The number of rotatable bonds is 4. The first kappa shape index (κ1) is 17.9. The van der Waals surface area contributed by atoms with Crippen LogP contribution in [0.25, 0.3) is 0 Å². The Morgan fingerprint density at radius 1 is 1.12 bits per heavy atom. The second-order valence-electron chi connectivity index (χ2n) is 6.25. The fourth-order valence-electron chi connectivity index (χ4n) is 2.89. The molecule has 0 radical (unpaired) electrons. The van der Waals surface area contributed by atoms with E-state index in [1.807, 2.05) is 12.1 Å². The van der Waals surface area contributed by atoms with Gasteiger partial charge in [-0.3, -0.25) is 9.69 Å². The van der Waals surface area contributed by atoms with Gasteiger partial charge in [-0.05, 0) is 48.9 Å². The highest BCUT2D eigenvalue weighted by molar-refractivity contribution is 9.10. The first-order chi connectivity index (χ1) is 12.0. The number of nitrogens with zero attached hydrogens (tertiary/aromatic N) is 2. The Labute approximate surface area is 155 Å². The van der Waals surface area contributed by atoms with E-state index in [0.717, 1.165) is 30.7 Å². The Bertz CT molecular complexity index is 743. The van der Waals surface area contributed by atoms with Gasteiger partial charge in [0.25, 0.3) is 0 Å². The van der Waals surface area contributed by atoms with Crippen molar-refractivity contribution >= 4 is 33.2 Å². The molecule has 0 unspecified atom stereocenters. The molecule has 25 heavy (non-hydrogen) atoms. The summed E-state index contributed by atoms with van der Waals surface area (Å²) in [7, 11) is 0. The van der Waals surface area contributed by atoms with Gasteiger partial charge in [-0.1, -0.05) is 22.0 Å². The van der Waals surface area contributed by atoms with Crippen LogP contribution in [0, 0.1) is 12.7 Å². The Morgan fingerprint density at radius 2 is 1.80 bits per heavy atom. The number of carbonyl (C=O) groups excluding carboxylic acids is 1. The van der Waals surface area contributed by atoms with Gasteiger partial charge in [0.1, 0.15) is 5.82 Å². The van der Waals surface area contributed by atoms with Gasteiger partial charge in [-0.2, -0.15) is 0 Å². The number of benzene rings is 2. The molecule has 132 valence electrons. The minimum absolute atomic E-state index is 0.111. The van der Waals surface area contributed by atoms with Crippen LogP contribution in [0.1, 0.15) is 5.56 Å². The summed E-state index contributed by atoms with van der Waals surface area (Å²) in [4.78, 5) is 16.6. The Morgan fingerprint density at radius 3 is 2.44 bits per heavy atom. The van der Waals surface area contributed by atoms with Crippen molar-refractivity contribution in [3.63, 3.8) is 0 Å². The maximum Gasteiger partial charge on any atom is 0.238 e. The van der Waals surface area contributed by atoms with Gasteiger partial charge < -0.3 is 10.2 Å². The van der Waals surface area contributed by atoms with E-state index in [1.165, 1.54) is 11.8 Å². The average molecular weight is 406 g/mol. The van der Waals surface area contributed by atoms with Crippen molar-refractivity contribution in [3.05, 3.63) is 58.3 Å². The number of nitrogens with one attached hydrogen (secondary N) is 1. The van der Waals surface area contributed by atoms with E-state index in [1.54, 1.807) is 19.1 Å². The smallest absolute Gasteiger partial charge is 0.238 e. The lowest BCUT2D eigenvalue weighted by Crippen LogP contribution is -2.48. The van der Waals surface area contributed by atoms with Crippen LogP contribution in [0.3, 0.4) is 0 Å². The molecule has 0 aromatic heterocycles. The van der Waals surface area contributed by atoms with E-state index < -0.39 is 0 Å². The molecule has 1 aliphatic rings. The predicted octanol–water partition coefficient (Wildman–Crippen LogP) is 3.66. The van der Waals surface area contributed by atoms with Gasteiger partial charge in [0.15, 0.2) is 0 Å². The number of hydrogen-bond donors (Lipinski definition) is 1. The molecule has 0 bridgehead atoms. The van der Waals surface area contributed by atoms with Crippen LogP contribution in [-0.2, 0) is 4.79 Å². The zero-order valence-corrected chi connectivity index (χ0v) is 15.7. The van der Waals surface area contributed by atoms with E-state index in [4.69, 9.17) is 0 Å². The van der Waals surface area contributed by atoms with Crippen LogP contribution in [0.5, 0.6) is 0 Å². The van der Waals surface area contributed by atoms with Crippen molar-refractivity contribution in [2.75, 3.05) is 42.9 Å². The zero-order valence-electron chi connectivity index (χ0n) is 14.1. The van der Waals surface area contributed by atoms with E-state index in [2.05, 4.69) is 43.2 Å². The Kier molecular flexibility index (Phi) is 5.71. The van der Waals surface area contributed by atoms with E-state index in [-0.39, 0.29) is 11.7 Å². The molecule has 1 aliphatic heterocycles. The lowest BCUT2D eigenvalue weighted by atomic mass is 10.2. The average Bonchev–Trinajstić information content (AvgIpc) is 2.60. The van der Waals surface area contributed by atoms with Crippen molar-refractivity contribution in [1.82, 2.24) is 4.90 Å². The maximum atomic E-state index is 13.5. The fourth-order valence-corrected chi connectivity index (χ4v) is 3.15. The third kappa shape index (κ3) is 4.80. The highest BCUT2D eigenvalue weighted by Gasteiger charge is 2.19. The molecule has 2 aromatic carbocycles. The van der Waals surface area contributed by atoms with Crippen molar-refractivity contribution in [2.45, 2.75) is 6.92 Å². The minimum Gasteiger partial charge on any atom is -0.369 e. The van der Waals surface area contributed by atoms with Crippen LogP contribution in [-0.4, -0.2) is 43.5 Å². The van der Waals surface area contributed by atoms with Crippen LogP contribution in [0.15, 0.2) is 46.9 Å². The van der Waals surface area contributed by atoms with Gasteiger partial charge in [0, 0.05) is 42.0 Å². The van der Waals surface area contributed by atoms with Crippen LogP contribution >= 0.6 is 15.9 Å². The third-order valence-electron chi connectivity index (χ3n) is 4.39. The highest BCUT2D eigenvalue weighted by Crippen LogP contribution is 2.20. The number of piperazine rings is 1. The molecule has 1 fully saturated rings. The standard InChI is InChI=1S/C19H21BrFN3O/c1-14-2-5-16(12-18(14)21)22-19(25)13-23-8-10-24(11-9-23)17-6-3-15(20)4-7-17/h2-7,12H,8-11,13H2,1H3,(H,22,25). The second-order valence-corrected chi connectivity index (χ2v) is 7.17. The summed E-state index contributed by atoms with van der Waals surface area (Å²) >= 11 is 3.45. The Hall–Kier alpha value is -1.92. The SMILES string of the molecule is Cc1ccc(NC(=O)CN2CCN(c3ccc(Br)cc3)CC2)cc1F. The Balaban J connectivity index is 1.49. The number of aryl methyl sites for hydroxylation is 1. The topological polar surface area (TPSA) is 35.6 Å². The summed E-state index contributed by atoms with van der Waals surface area (Å²) in [6.07, 6.45) is 0. The van der Waals surface area contributed by atoms with Gasteiger partial charge in [0.05, 0.1) is 6.54 Å².